The van der Waals surface area contributed by atoms with Crippen LogP contribution < -0.4 is 15.1 Å². The SMILES string of the molecule is O=C(COc1cccc2cccnc12)N/N=C\c1ccc(N2CCCC2)c(F)c1. The Balaban J connectivity index is 1.32. The number of aromatic nitrogens is 1. The second kappa shape index (κ2) is 8.68. The quantitative estimate of drug-likeness (QED) is 0.515. The van der Waals surface area contributed by atoms with E-state index in [2.05, 4.69) is 15.5 Å². The molecule has 1 aliphatic heterocycles. The largest absolute Gasteiger partial charge is 0.481 e. The molecule has 148 valence electrons. The van der Waals surface area contributed by atoms with Crippen molar-refractivity contribution >= 4 is 28.7 Å². The molecule has 6 nitrogen and oxygen atoms in total. The Morgan fingerprint density at radius 2 is 2.03 bits per heavy atom. The van der Waals surface area contributed by atoms with Crippen molar-refractivity contribution in [3.05, 3.63) is 66.1 Å². The van der Waals surface area contributed by atoms with E-state index < -0.39 is 5.91 Å². The highest BCUT2D eigenvalue weighted by Crippen LogP contribution is 2.24. The van der Waals surface area contributed by atoms with Crippen molar-refractivity contribution in [1.82, 2.24) is 10.4 Å². The van der Waals surface area contributed by atoms with Gasteiger partial charge in [-0.05, 0) is 42.7 Å². The standard InChI is InChI=1S/C22H21FN4O2/c23-18-13-16(8-9-19(18)27-11-1-2-12-27)14-25-26-21(28)15-29-20-7-3-5-17-6-4-10-24-22(17)20/h3-10,13-14H,1-2,11-12,15H2,(H,26,28)/b25-14-. The van der Waals surface area contributed by atoms with Gasteiger partial charge in [-0.25, -0.2) is 9.82 Å². The van der Waals surface area contributed by atoms with Crippen LogP contribution in [-0.2, 0) is 4.79 Å². The minimum absolute atomic E-state index is 0.199. The molecule has 1 aliphatic rings. The van der Waals surface area contributed by atoms with Gasteiger partial charge in [0.2, 0.25) is 0 Å². The summed E-state index contributed by atoms with van der Waals surface area (Å²) in [5.74, 6) is -0.167. The van der Waals surface area contributed by atoms with Gasteiger partial charge in [-0.2, -0.15) is 5.10 Å². The van der Waals surface area contributed by atoms with Crippen molar-refractivity contribution in [2.75, 3.05) is 24.6 Å². The molecule has 0 radical (unpaired) electrons. The monoisotopic (exact) mass is 392 g/mol. The van der Waals surface area contributed by atoms with Gasteiger partial charge in [0.1, 0.15) is 17.1 Å². The molecule has 0 spiro atoms. The van der Waals surface area contributed by atoms with E-state index in [0.717, 1.165) is 31.3 Å². The minimum atomic E-state index is -0.414. The average molecular weight is 392 g/mol. The Kier molecular flexibility index (Phi) is 5.65. The Morgan fingerprint density at radius 3 is 2.86 bits per heavy atom. The van der Waals surface area contributed by atoms with Crippen molar-refractivity contribution in [2.24, 2.45) is 5.10 Å². The number of halogens is 1. The number of fused-ring (bicyclic) bond motifs is 1. The summed E-state index contributed by atoms with van der Waals surface area (Å²) >= 11 is 0. The summed E-state index contributed by atoms with van der Waals surface area (Å²) in [6.07, 6.45) is 5.26. The number of ether oxygens (including phenoxy) is 1. The zero-order valence-corrected chi connectivity index (χ0v) is 15.8. The van der Waals surface area contributed by atoms with Gasteiger partial charge in [-0.1, -0.05) is 24.3 Å². The lowest BCUT2D eigenvalue weighted by Crippen LogP contribution is -2.24. The topological polar surface area (TPSA) is 66.8 Å². The van der Waals surface area contributed by atoms with Gasteiger partial charge < -0.3 is 9.64 Å². The molecule has 1 amide bonds. The average Bonchev–Trinajstić information content (AvgIpc) is 3.27. The zero-order valence-electron chi connectivity index (χ0n) is 15.8. The number of nitrogens with zero attached hydrogens (tertiary/aromatic N) is 3. The summed E-state index contributed by atoms with van der Waals surface area (Å²) in [5.41, 5.74) is 4.27. The molecule has 1 fully saturated rings. The number of anilines is 1. The number of hydrogen-bond donors (Lipinski definition) is 1. The Labute approximate surface area is 168 Å². The number of benzene rings is 2. The lowest BCUT2D eigenvalue weighted by Gasteiger charge is -2.18. The van der Waals surface area contributed by atoms with E-state index in [4.69, 9.17) is 4.74 Å². The smallest absolute Gasteiger partial charge is 0.277 e. The van der Waals surface area contributed by atoms with Crippen LogP contribution in [0.2, 0.25) is 0 Å². The van der Waals surface area contributed by atoms with Gasteiger partial charge in [-0.15, -0.1) is 0 Å². The van der Waals surface area contributed by atoms with Gasteiger partial charge in [0, 0.05) is 24.7 Å². The van der Waals surface area contributed by atoms with E-state index in [1.165, 1.54) is 12.3 Å². The molecule has 1 N–H and O–H groups in total. The van der Waals surface area contributed by atoms with Crippen LogP contribution in [0.1, 0.15) is 18.4 Å². The molecular weight excluding hydrogens is 371 g/mol. The summed E-state index contributed by atoms with van der Waals surface area (Å²) < 4.78 is 19.9. The number of carbonyl (C=O) groups is 1. The number of hydrogen-bond acceptors (Lipinski definition) is 5. The molecule has 4 rings (SSSR count). The first-order chi connectivity index (χ1) is 14.2. The summed E-state index contributed by atoms with van der Waals surface area (Å²) in [7, 11) is 0. The second-order valence-electron chi connectivity index (χ2n) is 6.82. The van der Waals surface area contributed by atoms with Crippen LogP contribution in [0.25, 0.3) is 10.9 Å². The maximum Gasteiger partial charge on any atom is 0.277 e. The highest BCUT2D eigenvalue weighted by atomic mass is 19.1. The fraction of sp³-hybridized carbons (Fsp3) is 0.227. The van der Waals surface area contributed by atoms with Gasteiger partial charge in [-0.3, -0.25) is 9.78 Å². The van der Waals surface area contributed by atoms with Gasteiger partial charge in [0.15, 0.2) is 6.61 Å². The van der Waals surface area contributed by atoms with Crippen molar-refractivity contribution in [1.29, 1.82) is 0 Å². The summed E-state index contributed by atoms with van der Waals surface area (Å²) in [4.78, 5) is 18.3. The van der Waals surface area contributed by atoms with Crippen molar-refractivity contribution in [3.63, 3.8) is 0 Å². The van der Waals surface area contributed by atoms with Gasteiger partial charge >= 0.3 is 0 Å². The molecule has 1 aromatic heterocycles. The van der Waals surface area contributed by atoms with Crippen LogP contribution in [0.4, 0.5) is 10.1 Å². The van der Waals surface area contributed by atoms with Crippen LogP contribution in [0.3, 0.4) is 0 Å². The summed E-state index contributed by atoms with van der Waals surface area (Å²) in [6, 6.07) is 14.2. The normalized spacial score (nSPS) is 13.9. The van der Waals surface area contributed by atoms with E-state index in [-0.39, 0.29) is 12.4 Å². The first-order valence-corrected chi connectivity index (χ1v) is 9.54. The molecular formula is C22H21FN4O2. The molecule has 3 aromatic rings. The Morgan fingerprint density at radius 1 is 1.21 bits per heavy atom. The number of carbonyl (C=O) groups excluding carboxylic acids is 1. The van der Waals surface area contributed by atoms with E-state index >= 15 is 0 Å². The number of rotatable bonds is 6. The fourth-order valence-electron chi connectivity index (χ4n) is 3.37. The fourth-order valence-corrected chi connectivity index (χ4v) is 3.37. The third-order valence-electron chi connectivity index (χ3n) is 4.78. The highest BCUT2D eigenvalue weighted by molar-refractivity contribution is 5.86. The van der Waals surface area contributed by atoms with E-state index in [0.29, 0.717) is 22.5 Å². The number of amides is 1. The minimum Gasteiger partial charge on any atom is -0.481 e. The van der Waals surface area contributed by atoms with Gasteiger partial charge in [0.25, 0.3) is 5.91 Å². The number of hydrazone groups is 1. The molecule has 0 bridgehead atoms. The van der Waals surface area contributed by atoms with Crippen LogP contribution in [0, 0.1) is 5.82 Å². The zero-order chi connectivity index (χ0) is 20.1. The first-order valence-electron chi connectivity index (χ1n) is 9.54. The predicted octanol–water partition coefficient (Wildman–Crippen LogP) is 3.50. The molecule has 2 aromatic carbocycles. The maximum absolute atomic E-state index is 14.3. The van der Waals surface area contributed by atoms with E-state index in [1.807, 2.05) is 29.2 Å². The Hall–Kier alpha value is -3.48. The molecule has 0 saturated carbocycles. The molecule has 1 saturated heterocycles. The summed E-state index contributed by atoms with van der Waals surface area (Å²) in [5, 5.41) is 4.82. The third kappa shape index (κ3) is 4.51. The van der Waals surface area contributed by atoms with Crippen molar-refractivity contribution in [3.8, 4) is 5.75 Å². The maximum atomic E-state index is 14.3. The molecule has 0 atom stereocenters. The summed E-state index contributed by atoms with van der Waals surface area (Å²) in [6.45, 7) is 1.56. The number of pyridine rings is 1. The molecule has 0 unspecified atom stereocenters. The third-order valence-corrected chi connectivity index (χ3v) is 4.78. The van der Waals surface area contributed by atoms with E-state index in [9.17, 15) is 9.18 Å². The van der Waals surface area contributed by atoms with Crippen molar-refractivity contribution in [2.45, 2.75) is 12.8 Å². The number of nitrogens with one attached hydrogen (secondary N) is 1. The molecule has 7 heteroatoms. The van der Waals surface area contributed by atoms with Crippen LogP contribution in [-0.4, -0.2) is 36.8 Å². The Bertz CT molecular complexity index is 1040. The van der Waals surface area contributed by atoms with Gasteiger partial charge in [0.05, 0.1) is 11.9 Å². The molecule has 0 aliphatic carbocycles. The van der Waals surface area contributed by atoms with Crippen LogP contribution in [0.15, 0.2) is 59.8 Å². The number of para-hydroxylation sites is 1. The second-order valence-corrected chi connectivity index (χ2v) is 6.82. The van der Waals surface area contributed by atoms with Crippen molar-refractivity contribution < 1.29 is 13.9 Å². The van der Waals surface area contributed by atoms with Crippen LogP contribution in [0.5, 0.6) is 5.75 Å². The lowest BCUT2D eigenvalue weighted by atomic mass is 10.2. The molecule has 2 heterocycles. The lowest BCUT2D eigenvalue weighted by molar-refractivity contribution is -0.123. The predicted molar refractivity (Wildman–Crippen MR) is 111 cm³/mol. The van der Waals surface area contributed by atoms with E-state index in [1.54, 1.807) is 24.4 Å². The molecule has 29 heavy (non-hydrogen) atoms. The van der Waals surface area contributed by atoms with Crippen LogP contribution >= 0.6 is 0 Å². The first kappa shape index (κ1) is 18.9. The highest BCUT2D eigenvalue weighted by Gasteiger charge is 2.15.